The fourth-order valence-corrected chi connectivity index (χ4v) is 4.50. The van der Waals surface area contributed by atoms with Crippen LogP contribution in [-0.2, 0) is 4.79 Å². The molecule has 2 atom stereocenters. The summed E-state index contributed by atoms with van der Waals surface area (Å²) in [6.45, 7) is 4.22. The van der Waals surface area contributed by atoms with Crippen LogP contribution in [-0.4, -0.2) is 26.0 Å². The molecule has 27 heavy (non-hydrogen) atoms. The van der Waals surface area contributed by atoms with Crippen LogP contribution >= 0.6 is 11.8 Å². The van der Waals surface area contributed by atoms with Gasteiger partial charge in [0.15, 0.2) is 10.9 Å². The van der Waals surface area contributed by atoms with Gasteiger partial charge in [0.05, 0.1) is 5.56 Å². The Kier molecular flexibility index (Phi) is 4.86. The van der Waals surface area contributed by atoms with Crippen LogP contribution in [0, 0.1) is 0 Å². The van der Waals surface area contributed by atoms with E-state index >= 15 is 0 Å². The average molecular weight is 382 g/mol. The second kappa shape index (κ2) is 7.31. The monoisotopic (exact) mass is 382 g/mol. The number of allylic oxidation sites excluding steroid dienone is 2. The number of hydrogen-bond donors (Lipinski definition) is 2. The van der Waals surface area contributed by atoms with Crippen LogP contribution in [0.5, 0.6) is 0 Å². The highest BCUT2D eigenvalue weighted by Gasteiger charge is 2.37. The molecule has 2 aliphatic rings. The van der Waals surface area contributed by atoms with E-state index in [1.807, 2.05) is 12.1 Å². The lowest BCUT2D eigenvalue weighted by atomic mass is 9.77. The van der Waals surface area contributed by atoms with Gasteiger partial charge < -0.3 is 10.3 Å². The molecule has 140 valence electrons. The number of nitrogens with zero attached hydrogens (tertiary/aromatic N) is 2. The van der Waals surface area contributed by atoms with Gasteiger partial charge >= 0.3 is 0 Å². The van der Waals surface area contributed by atoms with Gasteiger partial charge in [-0.1, -0.05) is 25.6 Å². The standard InChI is InChI=1S/C20H22N4O2S/c1-3-11(2)27-20-23-18-17(19(26)24-20)15(12-7-9-21-10-8-12)16-13(22-18)5-4-6-14(16)25/h7-11,15H,3-6H2,1-2H3,(H2,22,23,24,26)/t11-,15+/m0/s1. The smallest absolute Gasteiger partial charge is 0.257 e. The Labute approximate surface area is 161 Å². The first-order chi connectivity index (χ1) is 13.1. The van der Waals surface area contributed by atoms with E-state index in [4.69, 9.17) is 0 Å². The van der Waals surface area contributed by atoms with Gasteiger partial charge in [0.1, 0.15) is 5.82 Å². The summed E-state index contributed by atoms with van der Waals surface area (Å²) in [5.74, 6) is 0.277. The molecular formula is C20H22N4O2S. The van der Waals surface area contributed by atoms with Crippen molar-refractivity contribution in [1.29, 1.82) is 0 Å². The number of Topliss-reactive ketones (excluding diaryl/α,β-unsaturated/α-hetero) is 1. The number of anilines is 1. The fraction of sp³-hybridized carbons (Fsp3) is 0.400. The van der Waals surface area contributed by atoms with Crippen molar-refractivity contribution in [2.75, 3.05) is 5.32 Å². The largest absolute Gasteiger partial charge is 0.343 e. The Morgan fingerprint density at radius 1 is 1.26 bits per heavy atom. The molecule has 0 saturated heterocycles. The molecule has 0 fully saturated rings. The lowest BCUT2D eigenvalue weighted by Gasteiger charge is -2.32. The number of ketones is 1. The molecule has 0 aromatic carbocycles. The summed E-state index contributed by atoms with van der Waals surface area (Å²) >= 11 is 1.56. The van der Waals surface area contributed by atoms with Crippen LogP contribution in [0.2, 0.25) is 0 Å². The van der Waals surface area contributed by atoms with Gasteiger partial charge in [-0.05, 0) is 37.0 Å². The summed E-state index contributed by atoms with van der Waals surface area (Å²) < 4.78 is 0. The Bertz CT molecular complexity index is 968. The average Bonchev–Trinajstić information content (AvgIpc) is 2.67. The van der Waals surface area contributed by atoms with Gasteiger partial charge in [-0.15, -0.1) is 0 Å². The third-order valence-electron chi connectivity index (χ3n) is 5.16. The highest BCUT2D eigenvalue weighted by Crippen LogP contribution is 2.43. The second-order valence-electron chi connectivity index (χ2n) is 6.98. The zero-order valence-corrected chi connectivity index (χ0v) is 16.2. The molecule has 4 rings (SSSR count). The van der Waals surface area contributed by atoms with Crippen molar-refractivity contribution in [2.45, 2.75) is 55.9 Å². The van der Waals surface area contributed by atoms with Crippen LogP contribution < -0.4 is 10.9 Å². The predicted molar refractivity (Wildman–Crippen MR) is 106 cm³/mol. The van der Waals surface area contributed by atoms with Crippen molar-refractivity contribution >= 4 is 23.4 Å². The highest BCUT2D eigenvalue weighted by molar-refractivity contribution is 7.99. The number of aromatic amines is 1. The highest BCUT2D eigenvalue weighted by atomic mass is 32.2. The molecule has 7 heteroatoms. The minimum absolute atomic E-state index is 0.105. The van der Waals surface area contributed by atoms with E-state index in [-0.39, 0.29) is 11.3 Å². The summed E-state index contributed by atoms with van der Waals surface area (Å²) in [7, 11) is 0. The molecule has 0 spiro atoms. The predicted octanol–water partition coefficient (Wildman–Crippen LogP) is 3.62. The Hall–Kier alpha value is -2.41. The number of fused-ring (bicyclic) bond motifs is 1. The molecule has 1 aliphatic heterocycles. The lowest BCUT2D eigenvalue weighted by molar-refractivity contribution is -0.116. The molecule has 0 unspecified atom stereocenters. The molecular weight excluding hydrogens is 360 g/mol. The maximum Gasteiger partial charge on any atom is 0.257 e. The zero-order chi connectivity index (χ0) is 19.0. The van der Waals surface area contributed by atoms with Crippen LogP contribution in [0.25, 0.3) is 0 Å². The number of aromatic nitrogens is 3. The SMILES string of the molecule is CC[C@H](C)Sc1nc2c(c(=O)[nH]1)[C@H](c1ccncc1)C1=C(CCCC1=O)N2. The van der Waals surface area contributed by atoms with Gasteiger partial charge in [-0.3, -0.25) is 14.6 Å². The fourth-order valence-electron chi connectivity index (χ4n) is 3.66. The molecule has 0 radical (unpaired) electrons. The number of carbonyl (C=O) groups is 1. The number of nitrogens with one attached hydrogen (secondary N) is 2. The van der Waals surface area contributed by atoms with E-state index in [1.54, 1.807) is 24.2 Å². The Morgan fingerprint density at radius 3 is 2.78 bits per heavy atom. The summed E-state index contributed by atoms with van der Waals surface area (Å²) in [5, 5.41) is 4.27. The molecule has 1 aliphatic carbocycles. The van der Waals surface area contributed by atoms with Gasteiger partial charge in [-0.25, -0.2) is 4.98 Å². The lowest BCUT2D eigenvalue weighted by Crippen LogP contribution is -2.32. The van der Waals surface area contributed by atoms with Gasteiger partial charge in [0.25, 0.3) is 5.56 Å². The third kappa shape index (κ3) is 3.32. The Morgan fingerprint density at radius 2 is 2.04 bits per heavy atom. The first kappa shape index (κ1) is 18.0. The van der Waals surface area contributed by atoms with Gasteiger partial charge in [0.2, 0.25) is 0 Å². The number of H-pyrrole nitrogens is 1. The summed E-state index contributed by atoms with van der Waals surface area (Å²) in [4.78, 5) is 37.4. The van der Waals surface area contributed by atoms with Crippen molar-refractivity contribution in [3.63, 3.8) is 0 Å². The second-order valence-corrected chi connectivity index (χ2v) is 8.40. The molecule has 2 aromatic heterocycles. The molecule has 0 amide bonds. The van der Waals surface area contributed by atoms with Crippen LogP contribution in [0.3, 0.4) is 0 Å². The number of hydrogen-bond acceptors (Lipinski definition) is 6. The molecule has 0 saturated carbocycles. The van der Waals surface area contributed by atoms with E-state index in [0.29, 0.717) is 33.8 Å². The number of carbonyl (C=O) groups excluding carboxylic acids is 1. The van der Waals surface area contributed by atoms with Crippen molar-refractivity contribution in [1.82, 2.24) is 15.0 Å². The summed E-state index contributed by atoms with van der Waals surface area (Å²) in [5.41, 5.74) is 2.83. The minimum atomic E-state index is -0.397. The molecule has 2 N–H and O–H groups in total. The number of pyridine rings is 1. The van der Waals surface area contributed by atoms with Crippen molar-refractivity contribution in [2.24, 2.45) is 0 Å². The van der Waals surface area contributed by atoms with Crippen molar-refractivity contribution in [3.8, 4) is 0 Å². The molecule has 2 aromatic rings. The first-order valence-electron chi connectivity index (χ1n) is 9.32. The maximum absolute atomic E-state index is 13.0. The van der Waals surface area contributed by atoms with Gasteiger partial charge in [-0.2, -0.15) is 0 Å². The summed E-state index contributed by atoms with van der Waals surface area (Å²) in [6, 6.07) is 3.74. The quantitative estimate of drug-likeness (QED) is 0.620. The first-order valence-corrected chi connectivity index (χ1v) is 10.2. The van der Waals surface area contributed by atoms with Crippen LogP contribution in [0.15, 0.2) is 45.7 Å². The van der Waals surface area contributed by atoms with Crippen molar-refractivity contribution in [3.05, 3.63) is 57.3 Å². The third-order valence-corrected chi connectivity index (χ3v) is 6.32. The van der Waals surface area contributed by atoms with Gasteiger partial charge in [0, 0.05) is 41.3 Å². The normalized spacial score (nSPS) is 19.9. The van der Waals surface area contributed by atoms with E-state index in [1.165, 1.54) is 0 Å². The van der Waals surface area contributed by atoms with E-state index in [0.717, 1.165) is 30.5 Å². The Balaban J connectivity index is 1.88. The molecule has 0 bridgehead atoms. The molecule has 6 nitrogen and oxygen atoms in total. The van der Waals surface area contributed by atoms with E-state index < -0.39 is 5.92 Å². The van der Waals surface area contributed by atoms with Crippen LogP contribution in [0.1, 0.15) is 56.6 Å². The van der Waals surface area contributed by atoms with E-state index in [2.05, 4.69) is 34.1 Å². The number of rotatable bonds is 4. The zero-order valence-electron chi connectivity index (χ0n) is 15.4. The topological polar surface area (TPSA) is 87.7 Å². The van der Waals surface area contributed by atoms with E-state index in [9.17, 15) is 9.59 Å². The van der Waals surface area contributed by atoms with Crippen LogP contribution in [0.4, 0.5) is 5.82 Å². The maximum atomic E-state index is 13.0. The molecule has 3 heterocycles. The number of thioether (sulfide) groups is 1. The van der Waals surface area contributed by atoms with Crippen molar-refractivity contribution < 1.29 is 4.79 Å². The summed E-state index contributed by atoms with van der Waals surface area (Å²) in [6.07, 6.45) is 6.51. The minimum Gasteiger partial charge on any atom is -0.343 e.